The lowest BCUT2D eigenvalue weighted by Gasteiger charge is -2.07. The third kappa shape index (κ3) is 9.24. The second-order valence-electron chi connectivity index (χ2n) is 4.39. The van der Waals surface area contributed by atoms with Gasteiger partial charge in [0.15, 0.2) is 9.84 Å². The molecular weight excluding hydrogens is 288 g/mol. The topological polar surface area (TPSA) is 71.4 Å². The van der Waals surface area contributed by atoms with Crippen LogP contribution in [0.5, 0.6) is 0 Å². The molecule has 122 valence electrons. The Morgan fingerprint density at radius 2 is 1.48 bits per heavy atom. The number of hydrogen-bond acceptors (Lipinski definition) is 3. The molecule has 0 heterocycles. The van der Waals surface area contributed by atoms with Crippen molar-refractivity contribution in [3.63, 3.8) is 0 Å². The van der Waals surface area contributed by atoms with Crippen molar-refractivity contribution in [2.24, 2.45) is 5.92 Å². The van der Waals surface area contributed by atoms with Crippen LogP contribution < -0.4 is 0 Å². The minimum atomic E-state index is -3.25. The normalized spacial score (nSPS) is 10.0. The summed E-state index contributed by atoms with van der Waals surface area (Å²) >= 11 is 0. The Morgan fingerprint density at radius 3 is 1.81 bits per heavy atom. The van der Waals surface area contributed by atoms with Crippen molar-refractivity contribution < 1.29 is 18.3 Å². The lowest BCUT2D eigenvalue weighted by atomic mass is 10.2. The first-order chi connectivity index (χ1) is 9.81. The van der Waals surface area contributed by atoms with Gasteiger partial charge in [0.05, 0.1) is 17.1 Å². The molecule has 4 nitrogen and oxygen atoms in total. The smallest absolute Gasteiger partial charge is 0.307 e. The van der Waals surface area contributed by atoms with E-state index in [1.807, 2.05) is 41.5 Å². The molecule has 1 aromatic rings. The van der Waals surface area contributed by atoms with Gasteiger partial charge >= 0.3 is 5.97 Å². The number of sulfone groups is 1. The Bertz CT molecular complexity index is 488. The van der Waals surface area contributed by atoms with E-state index in [4.69, 9.17) is 5.11 Å². The van der Waals surface area contributed by atoms with E-state index < -0.39 is 15.8 Å². The summed E-state index contributed by atoms with van der Waals surface area (Å²) in [6.07, 6.45) is -0.0927. The summed E-state index contributed by atoms with van der Waals surface area (Å²) in [5, 5.41) is 8.60. The Morgan fingerprint density at radius 1 is 1.05 bits per heavy atom. The molecule has 0 radical (unpaired) electrons. The van der Waals surface area contributed by atoms with E-state index in [1.165, 1.54) is 12.1 Å². The SMILES string of the molecule is CC.CC.CC(C)CS(=O)(=O)c1ccc(CC(=O)O)cc1. The Hall–Kier alpha value is -1.36. The predicted octanol–water partition coefficient (Wildman–Crippen LogP) is 3.80. The van der Waals surface area contributed by atoms with Gasteiger partial charge in [0.1, 0.15) is 0 Å². The van der Waals surface area contributed by atoms with Crippen molar-refractivity contribution in [1.29, 1.82) is 0 Å². The minimum absolute atomic E-state index is 0.0682. The summed E-state index contributed by atoms with van der Waals surface area (Å²) in [6.45, 7) is 11.7. The van der Waals surface area contributed by atoms with Gasteiger partial charge < -0.3 is 5.11 Å². The van der Waals surface area contributed by atoms with Crippen molar-refractivity contribution in [1.82, 2.24) is 0 Å². The number of hydrogen-bond donors (Lipinski definition) is 1. The first kappa shape index (κ1) is 21.9. The molecule has 0 aromatic heterocycles. The molecule has 1 aromatic carbocycles. The van der Waals surface area contributed by atoms with Gasteiger partial charge in [0.2, 0.25) is 0 Å². The van der Waals surface area contributed by atoms with Crippen LogP contribution in [0.4, 0.5) is 0 Å². The van der Waals surface area contributed by atoms with Crippen LogP contribution in [0, 0.1) is 5.92 Å². The molecule has 0 bridgehead atoms. The molecule has 0 aliphatic carbocycles. The summed E-state index contributed by atoms with van der Waals surface area (Å²) < 4.78 is 23.7. The molecule has 0 fully saturated rings. The molecule has 0 aliphatic rings. The molecule has 0 amide bonds. The van der Waals surface area contributed by atoms with Gasteiger partial charge in [-0.15, -0.1) is 0 Å². The maximum atomic E-state index is 11.9. The molecule has 0 spiro atoms. The van der Waals surface area contributed by atoms with E-state index in [-0.39, 0.29) is 23.0 Å². The van der Waals surface area contributed by atoms with Gasteiger partial charge in [0, 0.05) is 0 Å². The van der Waals surface area contributed by atoms with E-state index in [0.29, 0.717) is 5.56 Å². The van der Waals surface area contributed by atoms with Crippen LogP contribution in [0.2, 0.25) is 0 Å². The molecule has 1 rings (SSSR count). The molecule has 0 saturated carbocycles. The Kier molecular flexibility index (Phi) is 11.8. The van der Waals surface area contributed by atoms with E-state index in [9.17, 15) is 13.2 Å². The second kappa shape index (κ2) is 11.3. The van der Waals surface area contributed by atoms with Crippen molar-refractivity contribution >= 4 is 15.8 Å². The van der Waals surface area contributed by atoms with Gasteiger partial charge in [-0.25, -0.2) is 8.42 Å². The highest BCUT2D eigenvalue weighted by Gasteiger charge is 2.16. The van der Waals surface area contributed by atoms with Gasteiger partial charge in [-0.2, -0.15) is 0 Å². The predicted molar refractivity (Wildman–Crippen MR) is 87.4 cm³/mol. The quantitative estimate of drug-likeness (QED) is 0.897. The number of aliphatic carboxylic acids is 1. The Labute approximate surface area is 129 Å². The average Bonchev–Trinajstić information content (AvgIpc) is 2.42. The fourth-order valence-electron chi connectivity index (χ4n) is 1.52. The fourth-order valence-corrected chi connectivity index (χ4v) is 3.15. The zero-order chi connectivity index (χ0) is 17.1. The second-order valence-corrected chi connectivity index (χ2v) is 6.42. The monoisotopic (exact) mass is 316 g/mol. The van der Waals surface area contributed by atoms with Gasteiger partial charge in [0.25, 0.3) is 0 Å². The van der Waals surface area contributed by atoms with E-state index in [0.717, 1.165) is 0 Å². The molecule has 0 atom stereocenters. The van der Waals surface area contributed by atoms with Crippen LogP contribution in [0.1, 0.15) is 47.1 Å². The van der Waals surface area contributed by atoms with Gasteiger partial charge in [-0.1, -0.05) is 53.7 Å². The van der Waals surface area contributed by atoms with Crippen molar-refractivity contribution in [2.75, 3.05) is 5.75 Å². The third-order valence-electron chi connectivity index (χ3n) is 2.19. The van der Waals surface area contributed by atoms with Gasteiger partial charge in [-0.05, 0) is 23.6 Å². The standard InChI is InChI=1S/C12H16O4S.2C2H6/c1-9(2)8-17(15,16)11-5-3-10(4-6-11)7-12(13)14;2*1-2/h3-6,9H,7-8H2,1-2H3,(H,13,14);2*1-2H3. The first-order valence-corrected chi connectivity index (χ1v) is 9.00. The minimum Gasteiger partial charge on any atom is -0.481 e. The molecule has 0 saturated heterocycles. The lowest BCUT2D eigenvalue weighted by Crippen LogP contribution is -2.12. The highest BCUT2D eigenvalue weighted by Crippen LogP contribution is 2.15. The molecular formula is C16H28O4S. The van der Waals surface area contributed by atoms with Crippen LogP contribution >= 0.6 is 0 Å². The van der Waals surface area contributed by atoms with Crippen LogP contribution in [0.15, 0.2) is 29.2 Å². The maximum Gasteiger partial charge on any atom is 0.307 e. The van der Waals surface area contributed by atoms with Crippen molar-refractivity contribution in [3.05, 3.63) is 29.8 Å². The van der Waals surface area contributed by atoms with Crippen LogP contribution in [0.3, 0.4) is 0 Å². The number of carbonyl (C=O) groups is 1. The Balaban J connectivity index is 0. The van der Waals surface area contributed by atoms with E-state index in [2.05, 4.69) is 0 Å². The van der Waals surface area contributed by atoms with Crippen molar-refractivity contribution in [3.8, 4) is 0 Å². The van der Waals surface area contributed by atoms with Crippen LogP contribution in [-0.2, 0) is 21.1 Å². The molecule has 0 unspecified atom stereocenters. The lowest BCUT2D eigenvalue weighted by molar-refractivity contribution is -0.136. The number of carboxylic acid groups (broad SMARTS) is 1. The summed E-state index contributed by atoms with van der Waals surface area (Å²) in [4.78, 5) is 10.7. The van der Waals surface area contributed by atoms with E-state index in [1.54, 1.807) is 12.1 Å². The largest absolute Gasteiger partial charge is 0.481 e. The molecule has 0 aliphatic heterocycles. The first-order valence-electron chi connectivity index (χ1n) is 7.35. The number of carboxylic acids is 1. The zero-order valence-corrected chi connectivity index (χ0v) is 14.7. The summed E-state index contributed by atoms with van der Waals surface area (Å²) in [5.41, 5.74) is 0.598. The van der Waals surface area contributed by atoms with Crippen LogP contribution in [-0.4, -0.2) is 25.2 Å². The summed E-state index contributed by atoms with van der Waals surface area (Å²) in [6, 6.07) is 6.02. The van der Waals surface area contributed by atoms with Crippen LogP contribution in [0.25, 0.3) is 0 Å². The van der Waals surface area contributed by atoms with Gasteiger partial charge in [-0.3, -0.25) is 4.79 Å². The fraction of sp³-hybridized carbons (Fsp3) is 0.562. The summed E-state index contributed by atoms with van der Waals surface area (Å²) in [5.74, 6) is -0.757. The third-order valence-corrected chi connectivity index (χ3v) is 4.29. The highest BCUT2D eigenvalue weighted by atomic mass is 32.2. The summed E-state index contributed by atoms with van der Waals surface area (Å²) in [7, 11) is -3.25. The molecule has 5 heteroatoms. The number of rotatable bonds is 5. The van der Waals surface area contributed by atoms with E-state index >= 15 is 0 Å². The van der Waals surface area contributed by atoms with Crippen molar-refractivity contribution in [2.45, 2.75) is 52.9 Å². The molecule has 21 heavy (non-hydrogen) atoms. The maximum absolute atomic E-state index is 11.9. The highest BCUT2D eigenvalue weighted by molar-refractivity contribution is 7.91. The zero-order valence-electron chi connectivity index (χ0n) is 13.9. The molecule has 1 N–H and O–H groups in total. The average molecular weight is 316 g/mol. The number of benzene rings is 1.